The van der Waals surface area contributed by atoms with Crippen molar-refractivity contribution in [2.45, 2.75) is 155 Å². The van der Waals surface area contributed by atoms with Gasteiger partial charge in [0, 0.05) is 41.0 Å². The predicted molar refractivity (Wildman–Crippen MR) is 249 cm³/mol. The minimum Gasteiger partial charge on any atom is -0.487 e. The second kappa shape index (κ2) is 24.1. The van der Waals surface area contributed by atoms with Crippen molar-refractivity contribution < 1.29 is 38.1 Å². The maximum Gasteiger partial charge on any atom is 0.261 e. The van der Waals surface area contributed by atoms with Crippen molar-refractivity contribution in [3.63, 3.8) is 0 Å². The summed E-state index contributed by atoms with van der Waals surface area (Å²) in [7, 11) is -2.54. The summed E-state index contributed by atoms with van der Waals surface area (Å²) in [6.45, 7) is 18.7. The number of anilines is 1. The molecule has 0 spiro atoms. The minimum absolute atomic E-state index is 0. The van der Waals surface area contributed by atoms with Gasteiger partial charge in [0.25, 0.3) is 10.1 Å². The maximum absolute atomic E-state index is 9.19. The Morgan fingerprint density at radius 1 is 0.707 bits per heavy atom. The summed E-state index contributed by atoms with van der Waals surface area (Å²) in [5, 5.41) is 4.83. The maximum atomic E-state index is 9.19. The average Bonchev–Trinajstić information content (AvgIpc) is 3.18. The number of ether oxygens (including phenoxy) is 1. The molecule has 2 saturated carbocycles. The van der Waals surface area contributed by atoms with Crippen LogP contribution in [0, 0.1) is 6.07 Å². The Morgan fingerprint density at radius 3 is 1.66 bits per heavy atom. The average molecular weight is 921 g/mol. The van der Waals surface area contributed by atoms with E-state index in [1.807, 2.05) is 37.4 Å². The predicted octanol–water partition coefficient (Wildman–Crippen LogP) is 13.7. The van der Waals surface area contributed by atoms with Crippen LogP contribution in [0.4, 0.5) is 5.69 Å². The molecule has 0 bridgehead atoms. The molecule has 0 aromatic heterocycles. The quantitative estimate of drug-likeness (QED) is 0.0678. The third-order valence-electron chi connectivity index (χ3n) is 11.4. The van der Waals surface area contributed by atoms with Crippen molar-refractivity contribution in [1.29, 1.82) is 0 Å². The van der Waals surface area contributed by atoms with Gasteiger partial charge in [-0.15, -0.1) is 35.9 Å². The SMILES string of the molecule is CC(C)Oc1cccc(-c2c(C(C)C)cc(C(C)C)cc2C(C)C)c1[PH+](C1CCCCC1)C1CCCCC1.CNc1ccccc1-c1[c-]cccc1.CS(=O)(=O)O.[Pd]. The smallest absolute Gasteiger partial charge is 0.261 e. The van der Waals surface area contributed by atoms with E-state index >= 15 is 0 Å². The Kier molecular flexibility index (Phi) is 20.7. The van der Waals surface area contributed by atoms with Crippen LogP contribution in [0.15, 0.2) is 78.9 Å². The number of benzene rings is 4. The monoisotopic (exact) mass is 919 g/mol. The Bertz CT molecular complexity index is 1880. The molecular weight excluding hydrogens is 848 g/mol. The molecule has 2 aliphatic carbocycles. The third-order valence-corrected chi connectivity index (χ3v) is 15.4. The molecule has 6 rings (SSSR count). The molecule has 2 aliphatic rings. The summed E-state index contributed by atoms with van der Waals surface area (Å²) in [5.41, 5.74) is 12.8. The number of para-hydroxylation sites is 1. The van der Waals surface area contributed by atoms with E-state index in [2.05, 4.69) is 115 Å². The Morgan fingerprint density at radius 2 is 1.21 bits per heavy atom. The van der Waals surface area contributed by atoms with Crippen molar-refractivity contribution in [2.24, 2.45) is 0 Å². The number of rotatable bonds is 11. The molecule has 322 valence electrons. The molecule has 8 heteroatoms. The second-order valence-corrected chi connectivity index (χ2v) is 21.8. The molecule has 0 atom stereocenters. The first-order valence-corrected chi connectivity index (χ1v) is 25.1. The van der Waals surface area contributed by atoms with Gasteiger partial charge >= 0.3 is 0 Å². The van der Waals surface area contributed by atoms with Gasteiger partial charge in [0.1, 0.15) is 5.30 Å². The molecule has 4 aromatic carbocycles. The van der Waals surface area contributed by atoms with E-state index < -0.39 is 18.0 Å². The molecule has 2 N–H and O–H groups in total. The Balaban J connectivity index is 0.000000370. The van der Waals surface area contributed by atoms with Crippen LogP contribution in [0.1, 0.15) is 154 Å². The van der Waals surface area contributed by atoms with Gasteiger partial charge in [-0.25, -0.2) is 0 Å². The topological polar surface area (TPSA) is 75.6 Å². The Labute approximate surface area is 368 Å². The zero-order chi connectivity index (χ0) is 41.7. The van der Waals surface area contributed by atoms with Crippen LogP contribution in [0.2, 0.25) is 0 Å². The van der Waals surface area contributed by atoms with Gasteiger partial charge in [-0.2, -0.15) is 8.42 Å². The summed E-state index contributed by atoms with van der Waals surface area (Å²) >= 11 is 0. The fraction of sp³-hybridized carbons (Fsp3) is 0.520. The van der Waals surface area contributed by atoms with Crippen molar-refractivity contribution in [1.82, 2.24) is 0 Å². The second-order valence-electron chi connectivity index (χ2n) is 17.3. The molecule has 58 heavy (non-hydrogen) atoms. The first-order valence-electron chi connectivity index (χ1n) is 21.6. The fourth-order valence-corrected chi connectivity index (χ4v) is 13.2. The zero-order valence-corrected chi connectivity index (χ0v) is 40.3. The van der Waals surface area contributed by atoms with Crippen molar-refractivity contribution >= 4 is 29.0 Å². The zero-order valence-electron chi connectivity index (χ0n) is 36.9. The molecule has 0 amide bonds. The van der Waals surface area contributed by atoms with Gasteiger partial charge in [-0.1, -0.05) is 102 Å². The van der Waals surface area contributed by atoms with E-state index in [4.69, 9.17) is 9.29 Å². The molecule has 0 radical (unpaired) electrons. The van der Waals surface area contributed by atoms with Crippen LogP contribution in [-0.4, -0.2) is 43.7 Å². The fourth-order valence-electron chi connectivity index (χ4n) is 8.72. The van der Waals surface area contributed by atoms with E-state index in [9.17, 15) is 8.42 Å². The third kappa shape index (κ3) is 14.6. The van der Waals surface area contributed by atoms with Gasteiger partial charge in [-0.05, 0) is 123 Å². The van der Waals surface area contributed by atoms with Crippen LogP contribution in [-0.2, 0) is 30.5 Å². The van der Waals surface area contributed by atoms with E-state index in [1.165, 1.54) is 103 Å². The molecule has 5 nitrogen and oxygen atoms in total. The van der Waals surface area contributed by atoms with Gasteiger partial charge in [-0.3, -0.25) is 4.55 Å². The van der Waals surface area contributed by atoms with Crippen molar-refractivity contribution in [2.75, 3.05) is 18.6 Å². The first-order chi connectivity index (χ1) is 27.1. The van der Waals surface area contributed by atoms with Gasteiger partial charge in [0.15, 0.2) is 5.75 Å². The number of nitrogens with one attached hydrogen (secondary N) is 1. The summed E-state index contributed by atoms with van der Waals surface area (Å²) in [4.78, 5) is 0. The molecule has 4 aromatic rings. The van der Waals surface area contributed by atoms with Gasteiger partial charge in [0.05, 0.1) is 23.7 Å². The number of hydrogen-bond donors (Lipinski definition) is 2. The van der Waals surface area contributed by atoms with E-state index in [0.29, 0.717) is 24.0 Å². The molecule has 2 fully saturated rings. The Hall–Kier alpha value is -2.52. The molecule has 0 aliphatic heterocycles. The summed E-state index contributed by atoms with van der Waals surface area (Å²) in [5.74, 6) is 2.73. The van der Waals surface area contributed by atoms with Gasteiger partial charge in [0.2, 0.25) is 0 Å². The largest absolute Gasteiger partial charge is 0.487 e. The molecular formula is C50H72NO4PPdS. The van der Waals surface area contributed by atoms with E-state index in [1.54, 1.807) is 5.30 Å². The van der Waals surface area contributed by atoms with Crippen LogP contribution in [0.25, 0.3) is 22.3 Å². The standard InChI is InChI=1S/C36H55OP.C13H12N.CH4O3S.Pd/c1-24(2)28-22-32(25(3)4)35(33(23-28)26(5)6)31-20-15-21-34(37-27(7)8)36(31)38(29-16-11-9-12-17-29)30-18-13-10-14-19-30;1-14-13-10-6-5-9-12(13)11-7-3-2-4-8-11;1-5(2,3)4;/h15,20-27,29-30H,9-14,16-19H2,1-8H3;2-7,9-10,14H,1H3;1H3,(H,2,3,4);/q;-1;;/p+1. The van der Waals surface area contributed by atoms with Crippen LogP contribution in [0.3, 0.4) is 0 Å². The summed E-state index contributed by atoms with van der Waals surface area (Å²) < 4.78 is 32.6. The van der Waals surface area contributed by atoms with Crippen LogP contribution >= 0.6 is 7.92 Å². The van der Waals surface area contributed by atoms with Crippen molar-refractivity contribution in [3.05, 3.63) is 102 Å². The number of hydrogen-bond acceptors (Lipinski definition) is 4. The normalized spacial score (nSPS) is 15.1. The molecule has 0 saturated heterocycles. The van der Waals surface area contributed by atoms with E-state index in [-0.39, 0.29) is 26.5 Å². The molecule has 0 heterocycles. The summed E-state index contributed by atoms with van der Waals surface area (Å²) in [6, 6.07) is 31.6. The summed E-state index contributed by atoms with van der Waals surface area (Å²) in [6.07, 6.45) is 15.2. The van der Waals surface area contributed by atoms with Crippen LogP contribution < -0.4 is 15.4 Å². The van der Waals surface area contributed by atoms with Crippen LogP contribution in [0.5, 0.6) is 5.75 Å². The minimum atomic E-state index is -3.67. The first kappa shape index (κ1) is 49.8. The molecule has 0 unspecified atom stereocenters. The van der Waals surface area contributed by atoms with E-state index in [0.717, 1.165) is 22.6 Å². The van der Waals surface area contributed by atoms with Gasteiger partial charge < -0.3 is 10.1 Å². The van der Waals surface area contributed by atoms with Crippen molar-refractivity contribution in [3.8, 4) is 28.0 Å².